The third kappa shape index (κ3) is 2.04. The molecule has 3 rings (SSSR count). The summed E-state index contributed by atoms with van der Waals surface area (Å²) in [5.41, 5.74) is 7.39. The van der Waals surface area contributed by atoms with Crippen molar-refractivity contribution in [1.82, 2.24) is 19.7 Å². The normalized spacial score (nSPS) is 25.6. The molecule has 1 aliphatic heterocycles. The fraction of sp³-hybridized carbons (Fsp3) is 0.643. The Morgan fingerprint density at radius 2 is 2.10 bits per heavy atom. The minimum absolute atomic E-state index is 0.173. The van der Waals surface area contributed by atoms with Crippen LogP contribution in [0.2, 0.25) is 0 Å². The molecule has 0 aliphatic carbocycles. The lowest BCUT2D eigenvalue weighted by Gasteiger charge is -2.27. The Hall–Kier alpha value is -1.69. The van der Waals surface area contributed by atoms with Crippen LogP contribution in [0.1, 0.15) is 33.4 Å². The number of rotatable bonds is 1. The highest BCUT2D eigenvalue weighted by Gasteiger charge is 2.41. The van der Waals surface area contributed by atoms with Crippen LogP contribution in [-0.2, 0) is 10.3 Å². The molecule has 110 valence electrons. The number of hydrogen-bond donors (Lipinski definition) is 1. The second-order valence-corrected chi connectivity index (χ2v) is 5.23. The smallest absolute Gasteiger partial charge is 0.164 e. The van der Waals surface area contributed by atoms with Gasteiger partial charge in [-0.2, -0.15) is 5.10 Å². The van der Waals surface area contributed by atoms with E-state index in [2.05, 4.69) is 28.9 Å². The van der Waals surface area contributed by atoms with Crippen molar-refractivity contribution in [2.45, 2.75) is 40.2 Å². The molecule has 2 aromatic rings. The Kier molecular flexibility index (Phi) is 3.94. The average Bonchev–Trinajstić information content (AvgIpc) is 2.96. The number of aryl methyl sites for hydroxylation is 1. The molecule has 1 saturated heterocycles. The van der Waals surface area contributed by atoms with Crippen LogP contribution in [-0.4, -0.2) is 33.0 Å². The maximum atomic E-state index is 5.91. The first-order valence-electron chi connectivity index (χ1n) is 7.08. The molecule has 0 spiro atoms. The molecule has 20 heavy (non-hydrogen) atoms. The first-order chi connectivity index (χ1) is 9.54. The molecule has 6 nitrogen and oxygen atoms in total. The van der Waals surface area contributed by atoms with Crippen LogP contribution in [0.5, 0.6) is 0 Å². The summed E-state index contributed by atoms with van der Waals surface area (Å²) in [5, 5.41) is 5.45. The Labute approximate surface area is 119 Å². The molecule has 2 unspecified atom stereocenters. The molecule has 0 bridgehead atoms. The van der Waals surface area contributed by atoms with Gasteiger partial charge in [0.1, 0.15) is 12.1 Å². The van der Waals surface area contributed by atoms with E-state index in [1.54, 1.807) is 0 Å². The van der Waals surface area contributed by atoms with Crippen molar-refractivity contribution in [2.24, 2.45) is 5.92 Å². The van der Waals surface area contributed by atoms with Gasteiger partial charge in [-0.3, -0.25) is 0 Å². The Bertz CT molecular complexity index is 609. The van der Waals surface area contributed by atoms with E-state index in [-0.39, 0.29) is 5.54 Å². The molecule has 0 saturated carbocycles. The van der Waals surface area contributed by atoms with Crippen molar-refractivity contribution in [1.29, 1.82) is 0 Å². The monoisotopic (exact) mass is 277 g/mol. The number of nitrogens with two attached hydrogens (primary N) is 1. The zero-order chi connectivity index (χ0) is 14.9. The summed E-state index contributed by atoms with van der Waals surface area (Å²) in [7, 11) is 0. The maximum Gasteiger partial charge on any atom is 0.164 e. The van der Waals surface area contributed by atoms with E-state index >= 15 is 0 Å². The van der Waals surface area contributed by atoms with Gasteiger partial charge < -0.3 is 10.5 Å². The quantitative estimate of drug-likeness (QED) is 0.863. The van der Waals surface area contributed by atoms with Gasteiger partial charge in [-0.25, -0.2) is 14.6 Å². The minimum atomic E-state index is -0.173. The van der Waals surface area contributed by atoms with E-state index < -0.39 is 0 Å². The van der Waals surface area contributed by atoms with E-state index in [1.165, 1.54) is 6.33 Å². The molecule has 0 amide bonds. The number of fused-ring (bicyclic) bond motifs is 1. The fourth-order valence-electron chi connectivity index (χ4n) is 2.53. The molecule has 3 heterocycles. The van der Waals surface area contributed by atoms with Gasteiger partial charge in [0, 0.05) is 5.92 Å². The van der Waals surface area contributed by atoms with Gasteiger partial charge in [-0.05, 0) is 13.8 Å². The molecule has 1 fully saturated rings. The van der Waals surface area contributed by atoms with Gasteiger partial charge in [0.05, 0.1) is 29.8 Å². The summed E-state index contributed by atoms with van der Waals surface area (Å²) >= 11 is 0. The number of aromatic nitrogens is 4. The van der Waals surface area contributed by atoms with Crippen LogP contribution in [0.25, 0.3) is 11.0 Å². The van der Waals surface area contributed by atoms with E-state index in [4.69, 9.17) is 10.5 Å². The number of nitrogens with zero attached hydrogens (tertiary/aromatic N) is 4. The van der Waals surface area contributed by atoms with Crippen LogP contribution in [0.15, 0.2) is 6.33 Å². The highest BCUT2D eigenvalue weighted by atomic mass is 16.5. The van der Waals surface area contributed by atoms with Crippen LogP contribution in [0.4, 0.5) is 5.82 Å². The first-order valence-corrected chi connectivity index (χ1v) is 7.08. The molecular weight excluding hydrogens is 254 g/mol. The fourth-order valence-corrected chi connectivity index (χ4v) is 2.53. The zero-order valence-corrected chi connectivity index (χ0v) is 12.8. The van der Waals surface area contributed by atoms with Gasteiger partial charge in [0.25, 0.3) is 0 Å². The highest BCUT2D eigenvalue weighted by molar-refractivity contribution is 5.88. The maximum absolute atomic E-state index is 5.91. The number of nitrogen functional groups attached to an aromatic ring is 1. The summed E-state index contributed by atoms with van der Waals surface area (Å²) in [6, 6.07) is 0. The molecule has 6 heteroatoms. The Morgan fingerprint density at radius 1 is 1.40 bits per heavy atom. The van der Waals surface area contributed by atoms with Gasteiger partial charge >= 0.3 is 0 Å². The second kappa shape index (κ2) is 5.36. The van der Waals surface area contributed by atoms with Gasteiger partial charge in [0.15, 0.2) is 5.65 Å². The lowest BCUT2D eigenvalue weighted by molar-refractivity contribution is 0.157. The summed E-state index contributed by atoms with van der Waals surface area (Å²) in [4.78, 5) is 8.37. The van der Waals surface area contributed by atoms with Crippen molar-refractivity contribution in [3.05, 3.63) is 12.0 Å². The minimum Gasteiger partial charge on any atom is -0.383 e. The topological polar surface area (TPSA) is 78.8 Å². The predicted molar refractivity (Wildman–Crippen MR) is 79.5 cm³/mol. The Morgan fingerprint density at radius 3 is 2.70 bits per heavy atom. The third-order valence-electron chi connectivity index (χ3n) is 3.98. The third-order valence-corrected chi connectivity index (χ3v) is 3.98. The van der Waals surface area contributed by atoms with E-state index in [9.17, 15) is 0 Å². The van der Waals surface area contributed by atoms with E-state index in [1.807, 2.05) is 25.5 Å². The van der Waals surface area contributed by atoms with Crippen molar-refractivity contribution in [2.75, 3.05) is 18.9 Å². The average molecular weight is 277 g/mol. The molecular formula is C14H23N5O. The van der Waals surface area contributed by atoms with Gasteiger partial charge in [-0.1, -0.05) is 20.8 Å². The number of anilines is 1. The van der Waals surface area contributed by atoms with Crippen molar-refractivity contribution >= 4 is 16.9 Å². The molecule has 2 aromatic heterocycles. The standard InChI is InChI=1S/C12H17N5O.C2H6/c1-7-4-18-5-12(7,3)17-11-9(8(2)16-17)10(13)14-6-15-11;1-2/h6-7H,4-5H2,1-3H3,(H2,13,14,15);1-2H3. The van der Waals surface area contributed by atoms with E-state index in [0.29, 0.717) is 18.3 Å². The number of ether oxygens (including phenoxy) is 1. The Balaban J connectivity index is 0.000000704. The zero-order valence-electron chi connectivity index (χ0n) is 12.8. The summed E-state index contributed by atoms with van der Waals surface area (Å²) in [6.45, 7) is 11.6. The van der Waals surface area contributed by atoms with Crippen molar-refractivity contribution in [3.63, 3.8) is 0 Å². The van der Waals surface area contributed by atoms with Crippen molar-refractivity contribution in [3.8, 4) is 0 Å². The van der Waals surface area contributed by atoms with E-state index in [0.717, 1.165) is 23.3 Å². The molecule has 2 atom stereocenters. The largest absolute Gasteiger partial charge is 0.383 e. The first kappa shape index (κ1) is 14.7. The van der Waals surface area contributed by atoms with Gasteiger partial charge in [0.2, 0.25) is 0 Å². The number of hydrogen-bond acceptors (Lipinski definition) is 5. The molecule has 0 aromatic carbocycles. The predicted octanol–water partition coefficient (Wildman–Crippen LogP) is 2.12. The van der Waals surface area contributed by atoms with Crippen LogP contribution >= 0.6 is 0 Å². The van der Waals surface area contributed by atoms with Crippen LogP contribution in [0.3, 0.4) is 0 Å². The lowest BCUT2D eigenvalue weighted by Crippen LogP contribution is -2.37. The summed E-state index contributed by atoms with van der Waals surface area (Å²) in [5.74, 6) is 0.870. The van der Waals surface area contributed by atoms with Crippen molar-refractivity contribution < 1.29 is 4.74 Å². The second-order valence-electron chi connectivity index (χ2n) is 5.23. The summed E-state index contributed by atoms with van der Waals surface area (Å²) in [6.07, 6.45) is 1.49. The van der Waals surface area contributed by atoms with Gasteiger partial charge in [-0.15, -0.1) is 0 Å². The molecule has 0 radical (unpaired) electrons. The SMILES string of the molecule is CC.Cc1nn(C2(C)COCC2C)c2ncnc(N)c12. The lowest BCUT2D eigenvalue weighted by atomic mass is 9.91. The molecule has 1 aliphatic rings. The van der Waals surface area contributed by atoms with Crippen LogP contribution in [0, 0.1) is 12.8 Å². The summed E-state index contributed by atoms with van der Waals surface area (Å²) < 4.78 is 7.53. The van der Waals surface area contributed by atoms with Crippen LogP contribution < -0.4 is 5.73 Å². The molecule has 2 N–H and O–H groups in total. The highest BCUT2D eigenvalue weighted by Crippen LogP contribution is 2.35.